The smallest absolute Gasteiger partial charge is 0.251 e. The van der Waals surface area contributed by atoms with Crippen LogP contribution in [0.5, 0.6) is 0 Å². The maximum Gasteiger partial charge on any atom is 0.251 e. The molecule has 0 unspecified atom stereocenters. The molecule has 3 rings (SSSR count). The summed E-state index contributed by atoms with van der Waals surface area (Å²) in [5.74, 6) is -0.269. The summed E-state index contributed by atoms with van der Waals surface area (Å²) >= 11 is 6.14. The Hall–Kier alpha value is -2.47. The van der Waals surface area contributed by atoms with Gasteiger partial charge in [-0.2, -0.15) is 4.73 Å². The van der Waals surface area contributed by atoms with Crippen molar-refractivity contribution in [3.05, 3.63) is 61.5 Å². The number of nitrogens with one attached hydrogen (secondary N) is 2. The second-order valence-corrected chi connectivity index (χ2v) is 6.72. The maximum absolute atomic E-state index is 12.7. The van der Waals surface area contributed by atoms with Gasteiger partial charge in [0.2, 0.25) is 0 Å². The van der Waals surface area contributed by atoms with Crippen LogP contribution in [0.2, 0.25) is 5.02 Å². The molecule has 0 aliphatic carbocycles. The van der Waals surface area contributed by atoms with Crippen LogP contribution < -0.4 is 20.9 Å². The number of anilines is 1. The van der Waals surface area contributed by atoms with E-state index in [2.05, 4.69) is 10.6 Å². The van der Waals surface area contributed by atoms with E-state index in [1.807, 2.05) is 20.8 Å². The molecule has 7 heteroatoms. The van der Waals surface area contributed by atoms with Crippen LogP contribution in [0.3, 0.4) is 0 Å². The van der Waals surface area contributed by atoms with E-state index >= 15 is 0 Å². The van der Waals surface area contributed by atoms with Gasteiger partial charge in [-0.15, -0.1) is 0 Å². The van der Waals surface area contributed by atoms with Crippen molar-refractivity contribution in [1.29, 1.82) is 0 Å². The Morgan fingerprint density at radius 1 is 1.31 bits per heavy atom. The minimum absolute atomic E-state index is 0.0873. The molecule has 0 fully saturated rings. The molecule has 1 aromatic carbocycles. The molecule has 0 saturated heterocycles. The van der Waals surface area contributed by atoms with E-state index in [9.17, 15) is 9.59 Å². The van der Waals surface area contributed by atoms with Crippen LogP contribution in [-0.4, -0.2) is 23.8 Å². The van der Waals surface area contributed by atoms with Crippen LogP contribution in [0, 0.1) is 13.8 Å². The SMILES string of the molecule is CCNc1cc(Cl)cc(C(=O)NCc2c(C)n3c(cc2=O)CCO3)c1C. The van der Waals surface area contributed by atoms with E-state index in [0.717, 1.165) is 35.6 Å². The number of fused-ring (bicyclic) bond motifs is 1. The summed E-state index contributed by atoms with van der Waals surface area (Å²) in [4.78, 5) is 30.6. The second-order valence-electron chi connectivity index (χ2n) is 6.28. The molecule has 0 spiro atoms. The van der Waals surface area contributed by atoms with Crippen molar-refractivity contribution in [3.63, 3.8) is 0 Å². The molecule has 1 aliphatic rings. The lowest BCUT2D eigenvalue weighted by Gasteiger charge is -2.15. The number of amides is 1. The number of carbonyl (C=O) groups excluding carboxylic acids is 1. The number of hydrogen-bond acceptors (Lipinski definition) is 4. The third kappa shape index (κ3) is 3.42. The molecule has 0 saturated carbocycles. The Kier molecular flexibility index (Phi) is 5.23. The molecule has 1 amide bonds. The van der Waals surface area contributed by atoms with Crippen LogP contribution >= 0.6 is 11.6 Å². The van der Waals surface area contributed by atoms with Crippen molar-refractivity contribution in [2.45, 2.75) is 33.7 Å². The summed E-state index contributed by atoms with van der Waals surface area (Å²) in [7, 11) is 0. The van der Waals surface area contributed by atoms with Crippen molar-refractivity contribution in [2.24, 2.45) is 0 Å². The third-order valence-corrected chi connectivity index (χ3v) is 4.80. The van der Waals surface area contributed by atoms with Crippen LogP contribution in [0.4, 0.5) is 5.69 Å². The molecule has 1 aliphatic heterocycles. The van der Waals surface area contributed by atoms with Crippen molar-refractivity contribution in [1.82, 2.24) is 10.0 Å². The third-order valence-electron chi connectivity index (χ3n) is 4.59. The highest BCUT2D eigenvalue weighted by molar-refractivity contribution is 6.31. The van der Waals surface area contributed by atoms with E-state index < -0.39 is 0 Å². The molecule has 138 valence electrons. The van der Waals surface area contributed by atoms with Gasteiger partial charge in [0.25, 0.3) is 5.91 Å². The molecule has 0 radical (unpaired) electrons. The van der Waals surface area contributed by atoms with Crippen molar-refractivity contribution in [3.8, 4) is 0 Å². The Morgan fingerprint density at radius 3 is 2.81 bits per heavy atom. The van der Waals surface area contributed by atoms with E-state index in [0.29, 0.717) is 22.8 Å². The Labute approximate surface area is 157 Å². The average Bonchev–Trinajstić information content (AvgIpc) is 3.06. The van der Waals surface area contributed by atoms with E-state index in [1.165, 1.54) is 0 Å². The lowest BCUT2D eigenvalue weighted by Crippen LogP contribution is -2.29. The zero-order valence-electron chi connectivity index (χ0n) is 15.1. The largest absolute Gasteiger partial charge is 0.413 e. The summed E-state index contributed by atoms with van der Waals surface area (Å²) in [6.45, 7) is 7.10. The molecule has 2 aromatic rings. The second kappa shape index (κ2) is 7.41. The van der Waals surface area contributed by atoms with Gasteiger partial charge in [0.15, 0.2) is 5.43 Å². The first-order valence-corrected chi connectivity index (χ1v) is 9.00. The number of rotatable bonds is 5. The first-order valence-electron chi connectivity index (χ1n) is 8.62. The van der Waals surface area contributed by atoms with Gasteiger partial charge in [-0.1, -0.05) is 11.6 Å². The van der Waals surface area contributed by atoms with Gasteiger partial charge in [-0.05, 0) is 38.5 Å². The summed E-state index contributed by atoms with van der Waals surface area (Å²) in [5.41, 5.74) is 4.16. The quantitative estimate of drug-likeness (QED) is 0.842. The van der Waals surface area contributed by atoms with Crippen LogP contribution in [0.25, 0.3) is 0 Å². The predicted molar refractivity (Wildman–Crippen MR) is 102 cm³/mol. The first kappa shape index (κ1) is 18.3. The van der Waals surface area contributed by atoms with Crippen LogP contribution in [0.1, 0.15) is 39.8 Å². The van der Waals surface area contributed by atoms with E-state index in [-0.39, 0.29) is 17.9 Å². The number of halogens is 1. The van der Waals surface area contributed by atoms with Gasteiger partial charge in [0.1, 0.15) is 6.61 Å². The minimum Gasteiger partial charge on any atom is -0.413 e. The fraction of sp³-hybridized carbons (Fsp3) is 0.368. The summed E-state index contributed by atoms with van der Waals surface area (Å²) in [6, 6.07) is 5.01. The number of carbonyl (C=O) groups is 1. The average molecular weight is 376 g/mol. The van der Waals surface area contributed by atoms with Crippen LogP contribution in [0.15, 0.2) is 23.0 Å². The topological polar surface area (TPSA) is 72.4 Å². The number of aromatic nitrogens is 1. The van der Waals surface area contributed by atoms with Crippen molar-refractivity contribution in [2.75, 3.05) is 18.5 Å². The molecule has 0 atom stereocenters. The fourth-order valence-corrected chi connectivity index (χ4v) is 3.39. The Balaban J connectivity index is 1.84. The monoisotopic (exact) mass is 375 g/mol. The lowest BCUT2D eigenvalue weighted by molar-refractivity contribution is 0.0949. The molecule has 2 heterocycles. The van der Waals surface area contributed by atoms with Gasteiger partial charge in [-0.25, -0.2) is 0 Å². The highest BCUT2D eigenvalue weighted by Gasteiger charge is 2.19. The van der Waals surface area contributed by atoms with E-state index in [1.54, 1.807) is 22.9 Å². The summed E-state index contributed by atoms with van der Waals surface area (Å²) in [5, 5.41) is 6.51. The fourth-order valence-electron chi connectivity index (χ4n) is 3.18. The van der Waals surface area contributed by atoms with Gasteiger partial charge in [0, 0.05) is 47.4 Å². The molecule has 2 N–H and O–H groups in total. The maximum atomic E-state index is 12.7. The van der Waals surface area contributed by atoms with Crippen LogP contribution in [-0.2, 0) is 13.0 Å². The Morgan fingerprint density at radius 2 is 2.08 bits per heavy atom. The highest BCUT2D eigenvalue weighted by atomic mass is 35.5. The molecule has 6 nitrogen and oxygen atoms in total. The predicted octanol–water partition coefficient (Wildman–Crippen LogP) is 2.47. The minimum atomic E-state index is -0.269. The molecule has 0 bridgehead atoms. The molecule has 1 aromatic heterocycles. The van der Waals surface area contributed by atoms with E-state index in [4.69, 9.17) is 16.4 Å². The highest BCUT2D eigenvalue weighted by Crippen LogP contribution is 2.25. The van der Waals surface area contributed by atoms with Crippen molar-refractivity contribution >= 4 is 23.2 Å². The van der Waals surface area contributed by atoms with Gasteiger partial charge in [0.05, 0.1) is 11.4 Å². The number of benzene rings is 1. The number of pyridine rings is 1. The first-order chi connectivity index (χ1) is 12.4. The van der Waals surface area contributed by atoms with Crippen molar-refractivity contribution < 1.29 is 9.63 Å². The zero-order valence-corrected chi connectivity index (χ0v) is 15.9. The van der Waals surface area contributed by atoms with Gasteiger partial charge in [-0.3, -0.25) is 9.59 Å². The zero-order chi connectivity index (χ0) is 18.8. The number of hydrogen-bond donors (Lipinski definition) is 2. The molecular weight excluding hydrogens is 354 g/mol. The summed E-state index contributed by atoms with van der Waals surface area (Å²) in [6.07, 6.45) is 0.720. The van der Waals surface area contributed by atoms with Gasteiger partial charge < -0.3 is 15.5 Å². The van der Waals surface area contributed by atoms with Gasteiger partial charge >= 0.3 is 0 Å². The standard InChI is InChI=1S/C19H22ClN3O3/c1-4-21-17-8-13(20)7-15(11(17)2)19(25)22-10-16-12(3)23-14(5-6-26-23)9-18(16)24/h7-9,21H,4-6,10H2,1-3H3,(H,22,25). The molecular formula is C19H22ClN3O3. The molecule has 26 heavy (non-hydrogen) atoms. The normalized spacial score (nSPS) is 12.5. The lowest BCUT2D eigenvalue weighted by atomic mass is 10.1. The summed E-state index contributed by atoms with van der Waals surface area (Å²) < 4.78 is 1.68. The Bertz CT molecular complexity index is 921. The number of nitrogens with zero attached hydrogens (tertiary/aromatic N) is 1.